The number of amides is 1. The highest BCUT2D eigenvalue weighted by atomic mass is 16.3. The standard InChI is InChI=1S/C19H26N6O2/c1-13-8-16(17-21-20-12-25(17)22-13)23-6-4-19(5-7-23)9-15(26)11-24(18(19)27)10-14-2-3-14/h8,12,14-15,26H,2-7,9-11H2,1H3. The molecule has 0 bridgehead atoms. The van der Waals surface area contributed by atoms with Crippen LogP contribution in [0.5, 0.6) is 0 Å². The lowest BCUT2D eigenvalue weighted by Gasteiger charge is -2.48. The molecule has 5 rings (SSSR count). The van der Waals surface area contributed by atoms with Gasteiger partial charge in [0.15, 0.2) is 0 Å². The van der Waals surface area contributed by atoms with Crippen molar-refractivity contribution in [3.05, 3.63) is 18.1 Å². The third kappa shape index (κ3) is 2.96. The first-order valence-electron chi connectivity index (χ1n) is 9.94. The van der Waals surface area contributed by atoms with Gasteiger partial charge in [0.2, 0.25) is 11.6 Å². The van der Waals surface area contributed by atoms with Crippen molar-refractivity contribution >= 4 is 17.2 Å². The molecule has 2 saturated heterocycles. The van der Waals surface area contributed by atoms with Crippen LogP contribution in [0, 0.1) is 18.3 Å². The highest BCUT2D eigenvalue weighted by Crippen LogP contribution is 2.43. The van der Waals surface area contributed by atoms with Crippen LogP contribution in [0.25, 0.3) is 5.65 Å². The number of aliphatic hydroxyl groups is 1. The molecule has 8 heteroatoms. The van der Waals surface area contributed by atoms with Crippen LogP contribution >= 0.6 is 0 Å². The molecule has 1 unspecified atom stereocenters. The maximum absolute atomic E-state index is 13.2. The minimum atomic E-state index is -0.408. The normalized spacial score (nSPS) is 25.6. The van der Waals surface area contributed by atoms with E-state index in [1.165, 1.54) is 12.8 Å². The molecule has 3 aliphatic rings. The fourth-order valence-corrected chi connectivity index (χ4v) is 4.80. The number of aromatic nitrogens is 4. The lowest BCUT2D eigenvalue weighted by atomic mass is 9.70. The molecular formula is C19H26N6O2. The zero-order valence-corrected chi connectivity index (χ0v) is 15.7. The summed E-state index contributed by atoms with van der Waals surface area (Å²) in [5.74, 6) is 0.912. The van der Waals surface area contributed by atoms with E-state index in [2.05, 4.69) is 20.2 Å². The Kier molecular flexibility index (Phi) is 3.86. The lowest BCUT2D eigenvalue weighted by Crippen LogP contribution is -2.58. The maximum Gasteiger partial charge on any atom is 0.229 e. The number of piperidine rings is 2. The van der Waals surface area contributed by atoms with Gasteiger partial charge in [-0.3, -0.25) is 4.79 Å². The van der Waals surface area contributed by atoms with Crippen LogP contribution in [-0.2, 0) is 4.79 Å². The fourth-order valence-electron chi connectivity index (χ4n) is 4.80. The lowest BCUT2D eigenvalue weighted by molar-refractivity contribution is -0.154. The van der Waals surface area contributed by atoms with E-state index in [-0.39, 0.29) is 5.91 Å². The molecule has 27 heavy (non-hydrogen) atoms. The minimum absolute atomic E-state index is 0.262. The van der Waals surface area contributed by atoms with Gasteiger partial charge in [-0.15, -0.1) is 10.2 Å². The summed E-state index contributed by atoms with van der Waals surface area (Å²) in [5.41, 5.74) is 2.28. The number of aliphatic hydroxyl groups excluding tert-OH is 1. The molecule has 0 aromatic carbocycles. The van der Waals surface area contributed by atoms with E-state index in [0.717, 1.165) is 49.5 Å². The molecule has 1 spiro atoms. The molecule has 2 aliphatic heterocycles. The fraction of sp³-hybridized carbons (Fsp3) is 0.684. The number of β-amino-alcohol motifs (C(OH)–C–C–N with tert-alkyl or cyclic N) is 1. The monoisotopic (exact) mass is 370 g/mol. The largest absolute Gasteiger partial charge is 0.391 e. The summed E-state index contributed by atoms with van der Waals surface area (Å²) in [6, 6.07) is 2.04. The van der Waals surface area contributed by atoms with E-state index in [9.17, 15) is 9.90 Å². The van der Waals surface area contributed by atoms with E-state index < -0.39 is 11.5 Å². The Balaban J connectivity index is 1.36. The van der Waals surface area contributed by atoms with Gasteiger partial charge in [-0.05, 0) is 51.0 Å². The average Bonchev–Trinajstić information content (AvgIpc) is 3.33. The second-order valence-electron chi connectivity index (χ2n) is 8.55. The molecule has 4 heterocycles. The number of anilines is 1. The quantitative estimate of drug-likeness (QED) is 0.868. The number of carbonyl (C=O) groups excluding carboxylic acids is 1. The summed E-state index contributed by atoms with van der Waals surface area (Å²) in [7, 11) is 0. The van der Waals surface area contributed by atoms with E-state index in [4.69, 9.17) is 0 Å². The van der Waals surface area contributed by atoms with Crippen LogP contribution < -0.4 is 4.90 Å². The molecule has 1 saturated carbocycles. The third-order valence-electron chi connectivity index (χ3n) is 6.41. The minimum Gasteiger partial charge on any atom is -0.391 e. The molecule has 0 radical (unpaired) electrons. The van der Waals surface area contributed by atoms with Gasteiger partial charge in [-0.25, -0.2) is 0 Å². The number of hydrogen-bond acceptors (Lipinski definition) is 6. The number of likely N-dealkylation sites (tertiary alicyclic amines) is 1. The Labute approximate surface area is 158 Å². The Morgan fingerprint density at radius 3 is 2.81 bits per heavy atom. The predicted octanol–water partition coefficient (Wildman–Crippen LogP) is 1.02. The molecular weight excluding hydrogens is 344 g/mol. The molecule has 144 valence electrons. The molecule has 2 aromatic heterocycles. The smallest absolute Gasteiger partial charge is 0.229 e. The topological polar surface area (TPSA) is 86.9 Å². The zero-order chi connectivity index (χ0) is 18.6. The van der Waals surface area contributed by atoms with Gasteiger partial charge in [0.05, 0.1) is 22.9 Å². The second-order valence-corrected chi connectivity index (χ2v) is 8.55. The number of rotatable bonds is 3. The van der Waals surface area contributed by atoms with E-state index in [0.29, 0.717) is 18.9 Å². The Morgan fingerprint density at radius 1 is 1.30 bits per heavy atom. The van der Waals surface area contributed by atoms with Gasteiger partial charge in [-0.2, -0.15) is 9.61 Å². The molecule has 1 atom stereocenters. The second kappa shape index (κ2) is 6.15. The summed E-state index contributed by atoms with van der Waals surface area (Å²) >= 11 is 0. The Morgan fingerprint density at radius 2 is 2.07 bits per heavy atom. The van der Waals surface area contributed by atoms with Crippen LogP contribution in [0.3, 0.4) is 0 Å². The SMILES string of the molecule is Cc1cc(N2CCC3(CC2)CC(O)CN(CC2CC2)C3=O)c2nncn2n1. The maximum atomic E-state index is 13.2. The van der Waals surface area contributed by atoms with Crippen LogP contribution in [0.1, 0.15) is 37.8 Å². The number of carbonyl (C=O) groups is 1. The molecule has 3 fully saturated rings. The Hall–Kier alpha value is -2.22. The van der Waals surface area contributed by atoms with Gasteiger partial charge < -0.3 is 14.9 Å². The number of fused-ring (bicyclic) bond motifs is 1. The number of hydrogen-bond donors (Lipinski definition) is 1. The third-order valence-corrected chi connectivity index (χ3v) is 6.41. The van der Waals surface area contributed by atoms with Crippen molar-refractivity contribution in [3.8, 4) is 0 Å². The molecule has 2 aromatic rings. The number of nitrogens with zero attached hydrogens (tertiary/aromatic N) is 6. The predicted molar refractivity (Wildman–Crippen MR) is 99.3 cm³/mol. The first kappa shape index (κ1) is 16.9. The highest BCUT2D eigenvalue weighted by molar-refractivity contribution is 5.84. The van der Waals surface area contributed by atoms with Crippen molar-refractivity contribution in [2.75, 3.05) is 31.1 Å². The molecule has 1 N–H and O–H groups in total. The average molecular weight is 370 g/mol. The van der Waals surface area contributed by atoms with Crippen molar-refractivity contribution in [1.29, 1.82) is 0 Å². The summed E-state index contributed by atoms with van der Waals surface area (Å²) in [6.45, 7) is 4.85. The molecule has 1 aliphatic carbocycles. The van der Waals surface area contributed by atoms with Gasteiger partial charge in [0.25, 0.3) is 0 Å². The van der Waals surface area contributed by atoms with Crippen molar-refractivity contribution in [2.24, 2.45) is 11.3 Å². The zero-order valence-electron chi connectivity index (χ0n) is 15.7. The summed E-state index contributed by atoms with van der Waals surface area (Å²) in [4.78, 5) is 17.5. The molecule has 1 amide bonds. The summed E-state index contributed by atoms with van der Waals surface area (Å²) in [6.07, 6.45) is 5.79. The van der Waals surface area contributed by atoms with E-state index in [1.807, 2.05) is 17.9 Å². The van der Waals surface area contributed by atoms with Gasteiger partial charge in [-0.1, -0.05) is 0 Å². The van der Waals surface area contributed by atoms with Crippen LogP contribution in [0.2, 0.25) is 0 Å². The first-order valence-corrected chi connectivity index (χ1v) is 9.94. The van der Waals surface area contributed by atoms with Crippen molar-refractivity contribution in [3.63, 3.8) is 0 Å². The van der Waals surface area contributed by atoms with Gasteiger partial charge >= 0.3 is 0 Å². The highest BCUT2D eigenvalue weighted by Gasteiger charge is 2.49. The summed E-state index contributed by atoms with van der Waals surface area (Å²) in [5, 5.41) is 23.0. The van der Waals surface area contributed by atoms with Crippen molar-refractivity contribution in [1.82, 2.24) is 24.7 Å². The van der Waals surface area contributed by atoms with Gasteiger partial charge in [0, 0.05) is 26.2 Å². The van der Waals surface area contributed by atoms with Crippen molar-refractivity contribution < 1.29 is 9.90 Å². The van der Waals surface area contributed by atoms with Crippen molar-refractivity contribution in [2.45, 2.75) is 45.1 Å². The van der Waals surface area contributed by atoms with Crippen LogP contribution in [-0.4, -0.2) is 68.0 Å². The molecule has 8 nitrogen and oxygen atoms in total. The number of aryl methyl sites for hydroxylation is 1. The van der Waals surface area contributed by atoms with E-state index in [1.54, 1.807) is 10.8 Å². The van der Waals surface area contributed by atoms with Crippen LogP contribution in [0.15, 0.2) is 12.4 Å². The van der Waals surface area contributed by atoms with Crippen LogP contribution in [0.4, 0.5) is 5.69 Å². The Bertz CT molecular complexity index is 866. The first-order chi connectivity index (χ1) is 13.0. The summed E-state index contributed by atoms with van der Waals surface area (Å²) < 4.78 is 1.71. The van der Waals surface area contributed by atoms with Gasteiger partial charge in [0.1, 0.15) is 6.33 Å². The van der Waals surface area contributed by atoms with E-state index >= 15 is 0 Å².